The van der Waals surface area contributed by atoms with Crippen LogP contribution in [0.4, 0.5) is 0 Å². The molecule has 0 aliphatic heterocycles. The Labute approximate surface area is 159 Å². The molecule has 7 heteroatoms. The average Bonchev–Trinajstić information content (AvgIpc) is 3.30. The van der Waals surface area contributed by atoms with Gasteiger partial charge in [-0.15, -0.1) is 11.3 Å². The summed E-state index contributed by atoms with van der Waals surface area (Å²) in [7, 11) is 1.89. The van der Waals surface area contributed by atoms with Gasteiger partial charge in [-0.25, -0.2) is 0 Å². The number of aryl methyl sites for hydroxylation is 1. The summed E-state index contributed by atoms with van der Waals surface area (Å²) >= 11 is 1.67. The number of thiophene rings is 1. The Kier molecular flexibility index (Phi) is 4.60. The number of rotatable bonds is 5. The van der Waals surface area contributed by atoms with Crippen LogP contribution in [0.25, 0.3) is 21.4 Å². The quantitative estimate of drug-likeness (QED) is 0.578. The van der Waals surface area contributed by atoms with Crippen molar-refractivity contribution in [1.82, 2.24) is 15.1 Å². The Morgan fingerprint density at radius 1 is 1.26 bits per heavy atom. The van der Waals surface area contributed by atoms with E-state index in [2.05, 4.69) is 22.5 Å². The zero-order chi connectivity index (χ0) is 18.8. The Bertz CT molecular complexity index is 1170. The fourth-order valence-electron chi connectivity index (χ4n) is 2.82. The molecule has 3 aromatic heterocycles. The number of para-hydroxylation sites is 1. The van der Waals surface area contributed by atoms with E-state index < -0.39 is 0 Å². The summed E-state index contributed by atoms with van der Waals surface area (Å²) in [4.78, 5) is 26.7. The van der Waals surface area contributed by atoms with Gasteiger partial charge in [0.2, 0.25) is 0 Å². The molecule has 27 heavy (non-hydrogen) atoms. The van der Waals surface area contributed by atoms with Gasteiger partial charge in [0.15, 0.2) is 11.2 Å². The van der Waals surface area contributed by atoms with Crippen LogP contribution in [0.15, 0.2) is 64.1 Å². The summed E-state index contributed by atoms with van der Waals surface area (Å²) in [6, 6.07) is 12.2. The van der Waals surface area contributed by atoms with Crippen LogP contribution in [0.5, 0.6) is 0 Å². The van der Waals surface area contributed by atoms with Crippen molar-refractivity contribution in [1.29, 1.82) is 0 Å². The van der Waals surface area contributed by atoms with Crippen molar-refractivity contribution in [2.75, 3.05) is 6.54 Å². The van der Waals surface area contributed by atoms with Crippen molar-refractivity contribution in [3.05, 3.63) is 75.7 Å². The minimum Gasteiger partial charge on any atom is -0.451 e. The molecule has 0 radical (unpaired) electrons. The van der Waals surface area contributed by atoms with Crippen molar-refractivity contribution in [2.24, 2.45) is 7.05 Å². The van der Waals surface area contributed by atoms with Gasteiger partial charge >= 0.3 is 0 Å². The maximum absolute atomic E-state index is 12.3. The number of nitrogens with one attached hydrogen (secondary N) is 1. The minimum atomic E-state index is -0.387. The molecule has 1 N–H and O–H groups in total. The SMILES string of the molecule is Cn1cc(-c2ccc(CCNC(=O)c3cc(=O)c4ccccc4o3)s2)cn1. The molecular weight excluding hydrogens is 362 g/mol. The van der Waals surface area contributed by atoms with Gasteiger partial charge in [0.25, 0.3) is 5.91 Å². The Morgan fingerprint density at radius 2 is 2.11 bits per heavy atom. The molecule has 0 aliphatic carbocycles. The summed E-state index contributed by atoms with van der Waals surface area (Å²) in [5.74, 6) is -0.358. The molecule has 3 heterocycles. The van der Waals surface area contributed by atoms with Crippen LogP contribution in [-0.4, -0.2) is 22.2 Å². The van der Waals surface area contributed by atoms with Crippen LogP contribution in [0, 0.1) is 0 Å². The standard InChI is InChI=1S/C20H17N3O3S/c1-23-12-13(11-22-23)19-7-6-14(27-19)8-9-21-20(25)18-10-16(24)15-4-2-3-5-17(15)26-18/h2-7,10-12H,8-9H2,1H3,(H,21,25). The van der Waals surface area contributed by atoms with E-state index in [0.717, 1.165) is 15.3 Å². The first-order valence-electron chi connectivity index (χ1n) is 8.49. The number of benzene rings is 1. The van der Waals surface area contributed by atoms with Crippen molar-refractivity contribution >= 4 is 28.2 Å². The van der Waals surface area contributed by atoms with Crippen molar-refractivity contribution in [3.63, 3.8) is 0 Å². The van der Waals surface area contributed by atoms with E-state index in [0.29, 0.717) is 23.9 Å². The molecule has 136 valence electrons. The molecule has 0 unspecified atom stereocenters. The summed E-state index contributed by atoms with van der Waals surface area (Å²) in [5, 5.41) is 7.46. The Balaban J connectivity index is 1.40. The van der Waals surface area contributed by atoms with Crippen LogP contribution < -0.4 is 10.7 Å². The maximum Gasteiger partial charge on any atom is 0.287 e. The second-order valence-corrected chi connectivity index (χ2v) is 7.31. The highest BCUT2D eigenvalue weighted by molar-refractivity contribution is 7.15. The molecule has 0 fully saturated rings. The van der Waals surface area contributed by atoms with Gasteiger partial charge in [-0.1, -0.05) is 12.1 Å². The first kappa shape index (κ1) is 17.2. The summed E-state index contributed by atoms with van der Waals surface area (Å²) in [6.07, 6.45) is 4.51. The fraction of sp³-hybridized carbons (Fsp3) is 0.150. The van der Waals surface area contributed by atoms with E-state index in [9.17, 15) is 9.59 Å². The van der Waals surface area contributed by atoms with Crippen molar-refractivity contribution in [2.45, 2.75) is 6.42 Å². The zero-order valence-corrected chi connectivity index (χ0v) is 15.5. The lowest BCUT2D eigenvalue weighted by Gasteiger charge is -2.04. The molecule has 0 atom stereocenters. The molecule has 0 spiro atoms. The van der Waals surface area contributed by atoms with Gasteiger partial charge in [0.1, 0.15) is 5.58 Å². The van der Waals surface area contributed by atoms with Gasteiger partial charge in [-0.2, -0.15) is 5.10 Å². The molecule has 0 bridgehead atoms. The molecule has 4 aromatic rings. The van der Waals surface area contributed by atoms with E-state index in [1.807, 2.05) is 19.4 Å². The number of carbonyl (C=O) groups is 1. The third kappa shape index (κ3) is 3.68. The first-order chi connectivity index (χ1) is 13.1. The van der Waals surface area contributed by atoms with Gasteiger partial charge in [-0.05, 0) is 30.7 Å². The van der Waals surface area contributed by atoms with E-state index in [1.165, 1.54) is 6.07 Å². The van der Waals surface area contributed by atoms with E-state index in [1.54, 1.807) is 40.3 Å². The smallest absolute Gasteiger partial charge is 0.287 e. The summed E-state index contributed by atoms with van der Waals surface area (Å²) in [6.45, 7) is 0.461. The molecule has 1 amide bonds. The topological polar surface area (TPSA) is 77.1 Å². The highest BCUT2D eigenvalue weighted by Crippen LogP contribution is 2.27. The maximum atomic E-state index is 12.3. The van der Waals surface area contributed by atoms with Gasteiger partial charge in [0, 0.05) is 41.2 Å². The molecule has 0 aliphatic rings. The number of hydrogen-bond acceptors (Lipinski definition) is 5. The predicted molar refractivity (Wildman–Crippen MR) is 105 cm³/mol. The van der Waals surface area contributed by atoms with Crippen LogP contribution in [0.2, 0.25) is 0 Å². The van der Waals surface area contributed by atoms with Crippen molar-refractivity contribution in [3.8, 4) is 10.4 Å². The Morgan fingerprint density at radius 3 is 2.93 bits per heavy atom. The van der Waals surface area contributed by atoms with Gasteiger partial charge < -0.3 is 9.73 Å². The number of carbonyl (C=O) groups excluding carboxylic acids is 1. The predicted octanol–water partition coefficient (Wildman–Crippen LogP) is 3.23. The lowest BCUT2D eigenvalue weighted by Crippen LogP contribution is -2.26. The Hall–Kier alpha value is -3.19. The third-order valence-corrected chi connectivity index (χ3v) is 5.36. The summed E-state index contributed by atoms with van der Waals surface area (Å²) < 4.78 is 7.32. The highest BCUT2D eigenvalue weighted by Gasteiger charge is 2.12. The number of fused-ring (bicyclic) bond motifs is 1. The van der Waals surface area contributed by atoms with E-state index in [4.69, 9.17) is 4.42 Å². The number of nitrogens with zero attached hydrogens (tertiary/aromatic N) is 2. The third-order valence-electron chi connectivity index (χ3n) is 4.17. The van der Waals surface area contributed by atoms with E-state index >= 15 is 0 Å². The lowest BCUT2D eigenvalue weighted by molar-refractivity contribution is 0.0927. The normalized spacial score (nSPS) is 11.0. The average molecular weight is 379 g/mol. The van der Waals surface area contributed by atoms with Crippen LogP contribution in [0.3, 0.4) is 0 Å². The first-order valence-corrected chi connectivity index (χ1v) is 9.30. The molecular formula is C20H17N3O3S. The number of amides is 1. The second kappa shape index (κ2) is 7.20. The molecule has 6 nitrogen and oxygen atoms in total. The minimum absolute atomic E-state index is 0.0286. The highest BCUT2D eigenvalue weighted by atomic mass is 32.1. The lowest BCUT2D eigenvalue weighted by atomic mass is 10.2. The van der Waals surface area contributed by atoms with Crippen molar-refractivity contribution < 1.29 is 9.21 Å². The monoisotopic (exact) mass is 379 g/mol. The second-order valence-electron chi connectivity index (χ2n) is 6.15. The van der Waals surface area contributed by atoms with Crippen LogP contribution in [0.1, 0.15) is 15.4 Å². The number of aromatic nitrogens is 2. The zero-order valence-electron chi connectivity index (χ0n) is 14.6. The van der Waals surface area contributed by atoms with Crippen LogP contribution in [-0.2, 0) is 13.5 Å². The molecule has 1 aromatic carbocycles. The van der Waals surface area contributed by atoms with Crippen LogP contribution >= 0.6 is 11.3 Å². The molecule has 4 rings (SSSR count). The largest absolute Gasteiger partial charge is 0.451 e. The summed E-state index contributed by atoms with van der Waals surface area (Å²) in [5.41, 5.74) is 1.27. The molecule has 0 saturated carbocycles. The fourth-order valence-corrected chi connectivity index (χ4v) is 3.80. The number of hydrogen-bond donors (Lipinski definition) is 1. The molecule has 0 saturated heterocycles. The van der Waals surface area contributed by atoms with Gasteiger partial charge in [-0.3, -0.25) is 14.3 Å². The van der Waals surface area contributed by atoms with E-state index in [-0.39, 0.29) is 17.1 Å². The van der Waals surface area contributed by atoms with Gasteiger partial charge in [0.05, 0.1) is 11.6 Å².